The fourth-order valence-corrected chi connectivity index (χ4v) is 3.92. The van der Waals surface area contributed by atoms with E-state index in [9.17, 15) is 9.59 Å². The molecule has 2 aromatic carbocycles. The Morgan fingerprint density at radius 1 is 1.04 bits per heavy atom. The van der Waals surface area contributed by atoms with E-state index in [0.29, 0.717) is 26.0 Å². The molecule has 0 spiro atoms. The van der Waals surface area contributed by atoms with Crippen molar-refractivity contribution >= 4 is 11.8 Å². The lowest BCUT2D eigenvalue weighted by Crippen LogP contribution is -2.32. The van der Waals surface area contributed by atoms with Gasteiger partial charge in [0, 0.05) is 31.1 Å². The predicted octanol–water partition coefficient (Wildman–Crippen LogP) is 3.18. The van der Waals surface area contributed by atoms with Crippen molar-refractivity contribution in [3.05, 3.63) is 65.2 Å². The zero-order valence-electron chi connectivity index (χ0n) is 16.0. The van der Waals surface area contributed by atoms with Crippen LogP contribution in [0.5, 0.6) is 5.75 Å². The van der Waals surface area contributed by atoms with Crippen LogP contribution in [0.25, 0.3) is 0 Å². The predicted molar refractivity (Wildman–Crippen MR) is 107 cm³/mol. The summed E-state index contributed by atoms with van der Waals surface area (Å²) in [7, 11) is 0. The first kappa shape index (κ1) is 18.5. The summed E-state index contributed by atoms with van der Waals surface area (Å²) in [6.07, 6.45) is 3.59. The Kier molecular flexibility index (Phi) is 5.60. The molecule has 0 aliphatic carbocycles. The van der Waals surface area contributed by atoms with Gasteiger partial charge in [0.1, 0.15) is 5.75 Å². The summed E-state index contributed by atoms with van der Waals surface area (Å²) in [5.41, 5.74) is 2.80. The molecule has 5 heteroatoms. The summed E-state index contributed by atoms with van der Waals surface area (Å²) in [6, 6.07) is 15.5. The number of hydrogen-bond acceptors (Lipinski definition) is 3. The number of fused-ring (bicyclic) bond motifs is 1. The molecule has 146 valence electrons. The van der Waals surface area contributed by atoms with Crippen LogP contribution in [-0.4, -0.2) is 36.4 Å². The largest absolute Gasteiger partial charge is 0.493 e. The second-order valence-electron chi connectivity index (χ2n) is 7.56. The monoisotopic (exact) mass is 378 g/mol. The van der Waals surface area contributed by atoms with E-state index < -0.39 is 0 Å². The van der Waals surface area contributed by atoms with Crippen molar-refractivity contribution in [3.8, 4) is 5.75 Å². The number of benzene rings is 2. The quantitative estimate of drug-likeness (QED) is 0.889. The van der Waals surface area contributed by atoms with E-state index in [4.69, 9.17) is 4.74 Å². The van der Waals surface area contributed by atoms with Crippen molar-refractivity contribution in [3.63, 3.8) is 0 Å². The van der Waals surface area contributed by atoms with Crippen LogP contribution in [0.15, 0.2) is 48.5 Å². The number of nitrogens with one attached hydrogen (secondary N) is 1. The van der Waals surface area contributed by atoms with E-state index >= 15 is 0 Å². The van der Waals surface area contributed by atoms with Crippen molar-refractivity contribution in [2.75, 3.05) is 19.7 Å². The first-order valence-corrected chi connectivity index (χ1v) is 10.1. The maximum Gasteiger partial charge on any atom is 0.253 e. The zero-order valence-corrected chi connectivity index (χ0v) is 16.0. The van der Waals surface area contributed by atoms with Crippen LogP contribution >= 0.6 is 0 Å². The van der Waals surface area contributed by atoms with E-state index in [0.717, 1.165) is 48.4 Å². The number of likely N-dealkylation sites (tertiary alicyclic amines) is 1. The lowest BCUT2D eigenvalue weighted by Gasteiger charge is -2.16. The summed E-state index contributed by atoms with van der Waals surface area (Å²) in [5.74, 6) is 0.957. The van der Waals surface area contributed by atoms with Gasteiger partial charge in [0.05, 0.1) is 6.61 Å². The Hall–Kier alpha value is -2.82. The van der Waals surface area contributed by atoms with Crippen LogP contribution in [-0.2, 0) is 17.8 Å². The molecule has 1 saturated heterocycles. The average molecular weight is 378 g/mol. The molecule has 2 heterocycles. The normalized spacial score (nSPS) is 18.7. The minimum Gasteiger partial charge on any atom is -0.493 e. The summed E-state index contributed by atoms with van der Waals surface area (Å²) in [6.45, 7) is 2.73. The number of amides is 2. The molecular weight excluding hydrogens is 352 g/mol. The van der Waals surface area contributed by atoms with Crippen LogP contribution in [0, 0.1) is 5.92 Å². The second kappa shape index (κ2) is 8.46. The number of rotatable bonds is 4. The van der Waals surface area contributed by atoms with Gasteiger partial charge in [-0.2, -0.15) is 0 Å². The van der Waals surface area contributed by atoms with E-state index in [1.165, 1.54) is 0 Å². The number of ether oxygens (including phenoxy) is 1. The second-order valence-corrected chi connectivity index (χ2v) is 7.56. The van der Waals surface area contributed by atoms with Gasteiger partial charge < -0.3 is 15.0 Å². The minimum absolute atomic E-state index is 0.0533. The molecule has 0 radical (unpaired) electrons. The van der Waals surface area contributed by atoms with Crippen molar-refractivity contribution in [1.29, 1.82) is 0 Å². The smallest absolute Gasteiger partial charge is 0.253 e. The van der Waals surface area contributed by atoms with E-state index in [1.54, 1.807) is 0 Å². The van der Waals surface area contributed by atoms with E-state index in [2.05, 4.69) is 5.32 Å². The van der Waals surface area contributed by atoms with E-state index in [1.807, 2.05) is 53.4 Å². The van der Waals surface area contributed by atoms with Gasteiger partial charge in [-0.1, -0.05) is 30.3 Å². The molecule has 0 saturated carbocycles. The SMILES string of the molecule is O=C(NCc1ccc(C(=O)N2CCCC2)cc1)[C@H]1CCOc2ccccc2C1. The number of hydrogen-bond donors (Lipinski definition) is 1. The summed E-state index contributed by atoms with van der Waals surface area (Å²) >= 11 is 0. The molecule has 28 heavy (non-hydrogen) atoms. The van der Waals surface area contributed by atoms with Gasteiger partial charge in [-0.25, -0.2) is 0 Å². The molecule has 5 nitrogen and oxygen atoms in total. The standard InChI is InChI=1S/C23H26N2O3/c26-22(20-11-14-28-21-6-2-1-5-19(21)15-20)24-16-17-7-9-18(10-8-17)23(27)25-12-3-4-13-25/h1-2,5-10,20H,3-4,11-16H2,(H,24,26)/t20-/m0/s1. The zero-order chi connectivity index (χ0) is 19.3. The third-order valence-electron chi connectivity index (χ3n) is 5.59. The van der Waals surface area contributed by atoms with Crippen molar-refractivity contribution < 1.29 is 14.3 Å². The van der Waals surface area contributed by atoms with Crippen molar-refractivity contribution in [2.24, 2.45) is 5.92 Å². The molecular formula is C23H26N2O3. The average Bonchev–Trinajstić information content (AvgIpc) is 3.18. The van der Waals surface area contributed by atoms with Crippen LogP contribution in [0.4, 0.5) is 0 Å². The van der Waals surface area contributed by atoms with Crippen LogP contribution in [0.3, 0.4) is 0 Å². The Bertz CT molecular complexity index is 841. The Labute approximate surface area is 165 Å². The summed E-state index contributed by atoms with van der Waals surface area (Å²) < 4.78 is 5.75. The molecule has 2 aliphatic rings. The number of carbonyl (C=O) groups is 2. The molecule has 2 aromatic rings. The lowest BCUT2D eigenvalue weighted by molar-refractivity contribution is -0.125. The fourth-order valence-electron chi connectivity index (χ4n) is 3.92. The third-order valence-corrected chi connectivity index (χ3v) is 5.59. The number of carbonyl (C=O) groups excluding carboxylic acids is 2. The summed E-state index contributed by atoms with van der Waals surface area (Å²) in [4.78, 5) is 27.0. The topological polar surface area (TPSA) is 58.6 Å². The number of para-hydroxylation sites is 1. The van der Waals surface area contributed by atoms with Crippen LogP contribution in [0.1, 0.15) is 40.7 Å². The molecule has 1 N–H and O–H groups in total. The highest BCUT2D eigenvalue weighted by Crippen LogP contribution is 2.26. The molecule has 0 unspecified atom stereocenters. The van der Waals surface area contributed by atoms with Gasteiger partial charge in [0.15, 0.2) is 0 Å². The fraction of sp³-hybridized carbons (Fsp3) is 0.391. The molecule has 1 atom stereocenters. The van der Waals surface area contributed by atoms with Gasteiger partial charge in [-0.3, -0.25) is 9.59 Å². The number of nitrogens with zero attached hydrogens (tertiary/aromatic N) is 1. The highest BCUT2D eigenvalue weighted by molar-refractivity contribution is 5.94. The molecule has 2 aliphatic heterocycles. The van der Waals surface area contributed by atoms with Gasteiger partial charge >= 0.3 is 0 Å². The van der Waals surface area contributed by atoms with Crippen LogP contribution < -0.4 is 10.1 Å². The van der Waals surface area contributed by atoms with Crippen LogP contribution in [0.2, 0.25) is 0 Å². The van der Waals surface area contributed by atoms with Gasteiger partial charge in [-0.05, 0) is 55.0 Å². The highest BCUT2D eigenvalue weighted by atomic mass is 16.5. The minimum atomic E-state index is -0.0836. The Morgan fingerprint density at radius 3 is 2.57 bits per heavy atom. The van der Waals surface area contributed by atoms with Gasteiger partial charge in [-0.15, -0.1) is 0 Å². The first-order valence-electron chi connectivity index (χ1n) is 10.1. The summed E-state index contributed by atoms with van der Waals surface area (Å²) in [5, 5.41) is 3.04. The maximum absolute atomic E-state index is 12.7. The molecule has 4 rings (SSSR count). The highest BCUT2D eigenvalue weighted by Gasteiger charge is 2.23. The maximum atomic E-state index is 12.7. The molecule has 0 bridgehead atoms. The van der Waals surface area contributed by atoms with E-state index in [-0.39, 0.29) is 17.7 Å². The molecule has 2 amide bonds. The van der Waals surface area contributed by atoms with Gasteiger partial charge in [0.25, 0.3) is 5.91 Å². The van der Waals surface area contributed by atoms with Gasteiger partial charge in [0.2, 0.25) is 5.91 Å². The first-order chi connectivity index (χ1) is 13.7. The van der Waals surface area contributed by atoms with Crippen molar-refractivity contribution in [2.45, 2.75) is 32.2 Å². The molecule has 1 fully saturated rings. The Morgan fingerprint density at radius 2 is 1.79 bits per heavy atom. The third kappa shape index (κ3) is 4.19. The molecule has 0 aromatic heterocycles. The Balaban J connectivity index is 1.32. The lowest BCUT2D eigenvalue weighted by atomic mass is 9.96. The van der Waals surface area contributed by atoms with Crippen molar-refractivity contribution in [1.82, 2.24) is 10.2 Å².